The minimum absolute atomic E-state index is 0.0904. The molecular weight excluding hydrogens is 279 g/mol. The average Bonchev–Trinajstić information content (AvgIpc) is 2.82. The van der Waals surface area contributed by atoms with E-state index in [-0.39, 0.29) is 23.6 Å². The van der Waals surface area contributed by atoms with Crippen LogP contribution in [0.15, 0.2) is 18.2 Å². The molecule has 1 unspecified atom stereocenters. The summed E-state index contributed by atoms with van der Waals surface area (Å²) in [4.78, 5) is 35.9. The van der Waals surface area contributed by atoms with Crippen LogP contribution < -0.4 is 5.32 Å². The summed E-state index contributed by atoms with van der Waals surface area (Å²) in [7, 11) is 0. The summed E-state index contributed by atoms with van der Waals surface area (Å²) in [5, 5.41) is 11.1. The molecule has 1 fully saturated rings. The lowest BCUT2D eigenvalue weighted by atomic mass is 10.1. The van der Waals surface area contributed by atoms with Crippen LogP contribution in [0.5, 0.6) is 0 Å². The average molecular weight is 294 g/mol. The molecule has 1 heterocycles. The normalized spacial score (nSPS) is 17.9. The summed E-state index contributed by atoms with van der Waals surface area (Å²) < 4.78 is 13.7. The van der Waals surface area contributed by atoms with Crippen LogP contribution in [-0.4, -0.2) is 40.9 Å². The summed E-state index contributed by atoms with van der Waals surface area (Å²) in [6.07, 6.45) is 0.106. The first-order valence-electron chi connectivity index (χ1n) is 6.53. The quantitative estimate of drug-likeness (QED) is 0.877. The number of amides is 2. The van der Waals surface area contributed by atoms with Gasteiger partial charge < -0.3 is 15.3 Å². The van der Waals surface area contributed by atoms with Gasteiger partial charge in [-0.1, -0.05) is 0 Å². The Balaban J connectivity index is 2.07. The highest BCUT2D eigenvalue weighted by Crippen LogP contribution is 2.21. The highest BCUT2D eigenvalue weighted by molar-refractivity contribution is 5.97. The predicted octanol–water partition coefficient (Wildman–Crippen LogP) is 1.33. The monoisotopic (exact) mass is 294 g/mol. The van der Waals surface area contributed by atoms with Crippen LogP contribution in [0.1, 0.15) is 23.7 Å². The molecule has 1 aromatic rings. The molecule has 6 nitrogen and oxygen atoms in total. The van der Waals surface area contributed by atoms with Gasteiger partial charge in [0.25, 0.3) is 0 Å². The largest absolute Gasteiger partial charge is 0.478 e. The number of likely N-dealkylation sites (tertiary alicyclic amines) is 1. The van der Waals surface area contributed by atoms with Crippen molar-refractivity contribution in [1.82, 2.24) is 4.90 Å². The molecule has 0 aliphatic carbocycles. The van der Waals surface area contributed by atoms with Crippen LogP contribution in [-0.2, 0) is 9.59 Å². The number of carbonyl (C=O) groups excluding carboxylic acids is 2. The number of hydrogen-bond donors (Lipinski definition) is 2. The van der Waals surface area contributed by atoms with Crippen molar-refractivity contribution in [3.8, 4) is 0 Å². The van der Waals surface area contributed by atoms with E-state index < -0.39 is 23.6 Å². The number of nitrogens with one attached hydrogen (secondary N) is 1. The second-order valence-corrected chi connectivity index (χ2v) is 4.82. The van der Waals surface area contributed by atoms with Crippen LogP contribution in [0.25, 0.3) is 0 Å². The van der Waals surface area contributed by atoms with E-state index in [0.29, 0.717) is 13.1 Å². The molecule has 7 heteroatoms. The number of benzene rings is 1. The zero-order chi connectivity index (χ0) is 15.6. The number of carboxylic acids is 1. The second kappa shape index (κ2) is 5.90. The summed E-state index contributed by atoms with van der Waals surface area (Å²) in [5.41, 5.74) is -0.286. The summed E-state index contributed by atoms with van der Waals surface area (Å²) in [6, 6.07) is 3.25. The molecule has 0 spiro atoms. The fourth-order valence-electron chi connectivity index (χ4n) is 2.24. The molecule has 2 amide bonds. The van der Waals surface area contributed by atoms with Crippen molar-refractivity contribution in [2.45, 2.75) is 13.3 Å². The molecule has 1 saturated heterocycles. The summed E-state index contributed by atoms with van der Waals surface area (Å²) in [6.45, 7) is 2.67. The minimum Gasteiger partial charge on any atom is -0.478 e. The molecule has 112 valence electrons. The lowest BCUT2D eigenvalue weighted by molar-refractivity contribution is -0.128. The van der Waals surface area contributed by atoms with E-state index in [1.807, 2.05) is 6.92 Å². The van der Waals surface area contributed by atoms with Gasteiger partial charge in [0, 0.05) is 19.5 Å². The molecule has 2 rings (SSSR count). The molecule has 21 heavy (non-hydrogen) atoms. The van der Waals surface area contributed by atoms with E-state index in [9.17, 15) is 18.8 Å². The summed E-state index contributed by atoms with van der Waals surface area (Å²) in [5.74, 6) is -3.12. The van der Waals surface area contributed by atoms with Gasteiger partial charge in [0.15, 0.2) is 0 Å². The number of hydrogen-bond acceptors (Lipinski definition) is 3. The Morgan fingerprint density at radius 1 is 1.48 bits per heavy atom. The number of aromatic carboxylic acids is 1. The number of halogens is 1. The molecule has 0 radical (unpaired) electrons. The van der Waals surface area contributed by atoms with Crippen molar-refractivity contribution in [2.24, 2.45) is 5.92 Å². The first kappa shape index (κ1) is 15.0. The van der Waals surface area contributed by atoms with E-state index >= 15 is 0 Å². The Labute approximate surface area is 120 Å². The van der Waals surface area contributed by atoms with Gasteiger partial charge in [-0.15, -0.1) is 0 Å². The van der Waals surface area contributed by atoms with Gasteiger partial charge in [0.2, 0.25) is 11.8 Å². The van der Waals surface area contributed by atoms with Gasteiger partial charge in [-0.25, -0.2) is 9.18 Å². The third kappa shape index (κ3) is 3.18. The van der Waals surface area contributed by atoms with E-state index in [4.69, 9.17) is 5.11 Å². The Morgan fingerprint density at radius 2 is 2.19 bits per heavy atom. The number of nitrogens with zero attached hydrogens (tertiary/aromatic N) is 1. The van der Waals surface area contributed by atoms with Gasteiger partial charge >= 0.3 is 5.97 Å². The second-order valence-electron chi connectivity index (χ2n) is 4.82. The van der Waals surface area contributed by atoms with Crippen molar-refractivity contribution in [3.05, 3.63) is 29.6 Å². The Hall–Kier alpha value is -2.44. The first-order valence-corrected chi connectivity index (χ1v) is 6.53. The van der Waals surface area contributed by atoms with Crippen LogP contribution >= 0.6 is 0 Å². The zero-order valence-corrected chi connectivity index (χ0v) is 11.4. The standard InChI is InChI=1S/C14H15FN2O4/c1-2-17-7-9(6-12(17)18)13(19)16-11-4-3-8(14(20)21)5-10(11)15/h3-5,9H,2,6-7H2,1H3,(H,16,19)(H,20,21). The maximum Gasteiger partial charge on any atom is 0.335 e. The van der Waals surface area contributed by atoms with Crippen LogP contribution in [0.4, 0.5) is 10.1 Å². The zero-order valence-electron chi connectivity index (χ0n) is 11.4. The van der Waals surface area contributed by atoms with Crippen molar-refractivity contribution in [3.63, 3.8) is 0 Å². The number of carboxylic acid groups (broad SMARTS) is 1. The fraction of sp³-hybridized carbons (Fsp3) is 0.357. The molecule has 1 aliphatic heterocycles. The minimum atomic E-state index is -1.24. The molecule has 0 aromatic heterocycles. The Morgan fingerprint density at radius 3 is 2.71 bits per heavy atom. The highest BCUT2D eigenvalue weighted by atomic mass is 19.1. The topological polar surface area (TPSA) is 86.7 Å². The smallest absolute Gasteiger partial charge is 0.335 e. The van der Waals surface area contributed by atoms with Gasteiger partial charge in [0.1, 0.15) is 5.82 Å². The highest BCUT2D eigenvalue weighted by Gasteiger charge is 2.33. The van der Waals surface area contributed by atoms with Gasteiger partial charge in [0.05, 0.1) is 17.2 Å². The van der Waals surface area contributed by atoms with Gasteiger partial charge in [-0.3, -0.25) is 9.59 Å². The number of anilines is 1. The van der Waals surface area contributed by atoms with Crippen molar-refractivity contribution in [2.75, 3.05) is 18.4 Å². The lowest BCUT2D eigenvalue weighted by Gasteiger charge is -2.14. The molecule has 0 saturated carbocycles. The van der Waals surface area contributed by atoms with E-state index in [1.165, 1.54) is 12.1 Å². The van der Waals surface area contributed by atoms with E-state index in [0.717, 1.165) is 6.07 Å². The number of carbonyl (C=O) groups is 3. The molecule has 1 aromatic carbocycles. The SMILES string of the molecule is CCN1CC(C(=O)Nc2ccc(C(=O)O)cc2F)CC1=O. The van der Waals surface area contributed by atoms with Crippen molar-refractivity contribution >= 4 is 23.5 Å². The molecule has 1 aliphatic rings. The van der Waals surface area contributed by atoms with Gasteiger partial charge in [-0.2, -0.15) is 0 Å². The Bertz CT molecular complexity index is 603. The van der Waals surface area contributed by atoms with Crippen LogP contribution in [0, 0.1) is 11.7 Å². The Kier molecular flexibility index (Phi) is 4.21. The fourth-order valence-corrected chi connectivity index (χ4v) is 2.24. The lowest BCUT2D eigenvalue weighted by Crippen LogP contribution is -2.28. The van der Waals surface area contributed by atoms with E-state index in [1.54, 1.807) is 4.90 Å². The molecular formula is C14H15FN2O4. The summed E-state index contributed by atoms with van der Waals surface area (Å²) >= 11 is 0. The molecule has 2 N–H and O–H groups in total. The first-order chi connectivity index (χ1) is 9.92. The number of rotatable bonds is 4. The molecule has 0 bridgehead atoms. The third-order valence-corrected chi connectivity index (χ3v) is 3.44. The van der Waals surface area contributed by atoms with Crippen molar-refractivity contribution in [1.29, 1.82) is 0 Å². The van der Waals surface area contributed by atoms with E-state index in [2.05, 4.69) is 5.32 Å². The maximum atomic E-state index is 13.7. The van der Waals surface area contributed by atoms with Crippen LogP contribution in [0.2, 0.25) is 0 Å². The predicted molar refractivity (Wildman–Crippen MR) is 72.4 cm³/mol. The molecule has 1 atom stereocenters. The van der Waals surface area contributed by atoms with Crippen molar-refractivity contribution < 1.29 is 23.9 Å². The third-order valence-electron chi connectivity index (χ3n) is 3.44. The maximum absolute atomic E-state index is 13.7. The van der Waals surface area contributed by atoms with Crippen LogP contribution in [0.3, 0.4) is 0 Å². The van der Waals surface area contributed by atoms with Gasteiger partial charge in [-0.05, 0) is 25.1 Å².